The van der Waals surface area contributed by atoms with Gasteiger partial charge in [-0.1, -0.05) is 40.5 Å². The molecule has 0 aromatic heterocycles. The van der Waals surface area contributed by atoms with Gasteiger partial charge in [-0.2, -0.15) is 0 Å². The molecule has 0 unspecified atom stereocenters. The lowest BCUT2D eigenvalue weighted by Gasteiger charge is -2.65. The average molecular weight is 741 g/mol. The first-order valence-corrected chi connectivity index (χ1v) is 20.1. The minimum absolute atomic E-state index is 0.00852. The van der Waals surface area contributed by atoms with Crippen molar-refractivity contribution in [1.29, 1.82) is 0 Å². The molecule has 8 N–H and O–H groups in total. The number of carbonyl (C=O) groups is 1. The van der Waals surface area contributed by atoms with Crippen LogP contribution >= 0.6 is 0 Å². The third kappa shape index (κ3) is 4.77. The highest BCUT2D eigenvalue weighted by atomic mass is 16.6. The summed E-state index contributed by atoms with van der Waals surface area (Å²) in [4.78, 5) is 14.9. The van der Waals surface area contributed by atoms with Crippen LogP contribution < -0.4 is 0 Å². The van der Waals surface area contributed by atoms with Gasteiger partial charge >= 0.3 is 0 Å². The van der Waals surface area contributed by atoms with Crippen LogP contribution in [0.5, 0.6) is 11.5 Å². The molecule has 1 heterocycles. The molecule has 0 radical (unpaired) electrons. The number of aliphatic hydroxyl groups excluding tert-OH is 3. The zero-order valence-electron chi connectivity index (χ0n) is 31.6. The monoisotopic (exact) mass is 740 g/mol. The number of ketones is 1. The molecule has 1 spiro atoms. The van der Waals surface area contributed by atoms with Crippen LogP contribution in [0.25, 0.3) is 0 Å². The molecular formula is C42H60O11. The Hall–Kier alpha value is -2.09. The lowest BCUT2D eigenvalue weighted by molar-refractivity contribution is -0.235. The zero-order valence-corrected chi connectivity index (χ0v) is 31.6. The van der Waals surface area contributed by atoms with Crippen LogP contribution in [-0.2, 0) is 20.7 Å². The van der Waals surface area contributed by atoms with Crippen LogP contribution in [0.4, 0.5) is 0 Å². The van der Waals surface area contributed by atoms with E-state index in [2.05, 4.69) is 6.92 Å². The highest BCUT2D eigenvalue weighted by Crippen LogP contribution is 2.74. The van der Waals surface area contributed by atoms with E-state index in [0.29, 0.717) is 55.2 Å². The minimum Gasteiger partial charge on any atom is -0.508 e. The lowest BCUT2D eigenvalue weighted by atomic mass is 9.41. The van der Waals surface area contributed by atoms with Gasteiger partial charge in [0.1, 0.15) is 22.7 Å². The van der Waals surface area contributed by atoms with Crippen LogP contribution in [0.3, 0.4) is 0 Å². The maximum absolute atomic E-state index is 14.9. The van der Waals surface area contributed by atoms with Crippen molar-refractivity contribution in [2.45, 2.75) is 145 Å². The number of aromatic hydroxyl groups is 2. The first-order chi connectivity index (χ1) is 25.0. The van der Waals surface area contributed by atoms with Crippen molar-refractivity contribution in [1.82, 2.24) is 0 Å². The van der Waals surface area contributed by atoms with Crippen LogP contribution in [0.15, 0.2) is 23.8 Å². The number of hydrogen-bond donors (Lipinski definition) is 8. The van der Waals surface area contributed by atoms with Gasteiger partial charge in [0.2, 0.25) is 0 Å². The minimum atomic E-state index is -1.63. The van der Waals surface area contributed by atoms with E-state index in [1.807, 2.05) is 20.8 Å². The van der Waals surface area contributed by atoms with Gasteiger partial charge in [0.25, 0.3) is 0 Å². The normalized spacial score (nSPS) is 50.0. The van der Waals surface area contributed by atoms with Crippen molar-refractivity contribution in [3.63, 3.8) is 0 Å². The molecule has 11 heteroatoms. The van der Waals surface area contributed by atoms with Crippen molar-refractivity contribution < 1.29 is 55.1 Å². The second-order valence-corrected chi connectivity index (χ2v) is 18.8. The van der Waals surface area contributed by atoms with Gasteiger partial charge in [0.05, 0.1) is 29.5 Å². The van der Waals surface area contributed by atoms with E-state index in [4.69, 9.17) is 9.47 Å². The Labute approximate surface area is 312 Å². The molecule has 6 aliphatic carbocycles. The lowest BCUT2D eigenvalue weighted by Crippen LogP contribution is -2.69. The number of allylic oxidation sites excluding steroid dienone is 1. The molecule has 11 nitrogen and oxygen atoms in total. The van der Waals surface area contributed by atoms with E-state index >= 15 is 0 Å². The van der Waals surface area contributed by atoms with E-state index in [9.17, 15) is 45.6 Å². The predicted octanol–water partition coefficient (Wildman–Crippen LogP) is 3.40. The second-order valence-electron chi connectivity index (χ2n) is 18.8. The number of phenols is 2. The molecule has 5 fully saturated rings. The van der Waals surface area contributed by atoms with Crippen LogP contribution in [0.1, 0.15) is 109 Å². The summed E-state index contributed by atoms with van der Waals surface area (Å²) in [6.45, 7) is 7.95. The second kappa shape index (κ2) is 12.5. The number of hydrogen-bond acceptors (Lipinski definition) is 11. The van der Waals surface area contributed by atoms with Gasteiger partial charge in [-0.05, 0) is 97.0 Å². The summed E-state index contributed by atoms with van der Waals surface area (Å²) in [5.74, 6) is -2.90. The largest absolute Gasteiger partial charge is 0.508 e. The van der Waals surface area contributed by atoms with Crippen molar-refractivity contribution >= 4 is 5.78 Å². The van der Waals surface area contributed by atoms with Gasteiger partial charge in [0, 0.05) is 61.9 Å². The fraction of sp³-hybridized carbons (Fsp3) is 0.786. The maximum atomic E-state index is 14.9. The summed E-state index contributed by atoms with van der Waals surface area (Å²) in [5.41, 5.74) is -6.03. The third-order valence-corrected chi connectivity index (χ3v) is 16.6. The summed E-state index contributed by atoms with van der Waals surface area (Å²) in [6, 6.07) is 2.84. The fourth-order valence-electron chi connectivity index (χ4n) is 13.9. The number of fused-ring (bicyclic) bond motifs is 11. The molecule has 8 rings (SSSR count). The summed E-state index contributed by atoms with van der Waals surface area (Å²) in [6.07, 6.45) is 3.80. The molecule has 1 aliphatic heterocycles. The van der Waals surface area contributed by atoms with Crippen molar-refractivity contribution in [2.24, 2.45) is 40.4 Å². The first kappa shape index (κ1) is 37.8. The highest BCUT2D eigenvalue weighted by Gasteiger charge is 2.80. The Morgan fingerprint density at radius 3 is 2.43 bits per heavy atom. The van der Waals surface area contributed by atoms with Crippen LogP contribution in [0, 0.1) is 40.4 Å². The quantitative estimate of drug-likeness (QED) is 0.199. The molecule has 53 heavy (non-hydrogen) atoms. The van der Waals surface area contributed by atoms with E-state index in [-0.39, 0.29) is 74.1 Å². The Morgan fingerprint density at radius 2 is 1.72 bits per heavy atom. The number of benzene rings is 1. The molecule has 1 aromatic rings. The molecule has 7 aliphatic rings. The summed E-state index contributed by atoms with van der Waals surface area (Å²) < 4.78 is 13.4. The zero-order chi connectivity index (χ0) is 38.1. The van der Waals surface area contributed by atoms with Crippen molar-refractivity contribution in [3.05, 3.63) is 34.9 Å². The standard InChI is InChI=1S/C42H60O11/c1-22-7-5-10-42(36(48)23(22)2)40(50,13-15-44)35-31(53-42)20-41(51)28-19-30(47)34-33-26-17-24(45)18-29(46)25(26)8-12-39(33,49)32(52-16-6-14-43)21-37(34,3)27(28)9-11-38(35,41)4/h17-19,22-23,27,31-36,43-46,48-51H,5-16,20-21H2,1-4H3/t22-,23-,27+,31-,32-,33+,34-,35+,36-,37+,38+,39+,40+,41-,42-/m0/s1. The van der Waals surface area contributed by atoms with Crippen LogP contribution in [-0.4, -0.2) is 107 Å². The Balaban J connectivity index is 1.23. The van der Waals surface area contributed by atoms with E-state index in [1.54, 1.807) is 12.1 Å². The average Bonchev–Trinajstić information content (AvgIpc) is 3.43. The van der Waals surface area contributed by atoms with Gasteiger partial charge in [-0.15, -0.1) is 0 Å². The van der Waals surface area contributed by atoms with Crippen molar-refractivity contribution in [2.75, 3.05) is 19.8 Å². The number of aliphatic hydroxyl groups is 6. The van der Waals surface area contributed by atoms with Crippen LogP contribution in [0.2, 0.25) is 0 Å². The molecule has 4 saturated carbocycles. The topological polar surface area (TPSA) is 197 Å². The summed E-state index contributed by atoms with van der Waals surface area (Å²) in [5, 5.41) is 92.6. The number of ether oxygens (including phenoxy) is 2. The Bertz CT molecular complexity index is 1680. The molecule has 15 atom stereocenters. The van der Waals surface area contributed by atoms with E-state index in [1.165, 1.54) is 6.07 Å². The number of phenolic OH excluding ortho intramolecular Hbond substituents is 2. The molecule has 1 aromatic carbocycles. The van der Waals surface area contributed by atoms with Gasteiger partial charge in [-0.25, -0.2) is 0 Å². The van der Waals surface area contributed by atoms with E-state index < -0.39 is 69.3 Å². The van der Waals surface area contributed by atoms with Crippen molar-refractivity contribution in [3.8, 4) is 11.5 Å². The summed E-state index contributed by atoms with van der Waals surface area (Å²) >= 11 is 0. The molecule has 1 saturated heterocycles. The van der Waals surface area contributed by atoms with Gasteiger partial charge in [-0.3, -0.25) is 4.79 Å². The number of rotatable bonds is 6. The van der Waals surface area contributed by atoms with Gasteiger partial charge < -0.3 is 50.3 Å². The first-order valence-electron chi connectivity index (χ1n) is 20.1. The maximum Gasteiger partial charge on any atom is 0.160 e. The predicted molar refractivity (Wildman–Crippen MR) is 193 cm³/mol. The molecule has 0 amide bonds. The summed E-state index contributed by atoms with van der Waals surface area (Å²) in [7, 11) is 0. The Kier molecular flexibility index (Phi) is 8.89. The van der Waals surface area contributed by atoms with E-state index in [0.717, 1.165) is 12.8 Å². The van der Waals surface area contributed by atoms with Gasteiger partial charge in [0.15, 0.2) is 5.78 Å². The smallest absolute Gasteiger partial charge is 0.160 e. The number of carbonyl (C=O) groups excluding carboxylic acids is 1. The highest BCUT2D eigenvalue weighted by molar-refractivity contribution is 5.96. The Morgan fingerprint density at radius 1 is 0.962 bits per heavy atom. The molecule has 294 valence electrons. The molecule has 0 bridgehead atoms. The SMILES string of the molecule is C[C@H]1[C@@H](C)CCC[C@]2(O[C@H]3C[C@]4(O)C5=CC(=O)[C@H]6[C@H]7c8cc(O)cc(O)c8CC[C@@]7(O)[C@@H](OCCCO)C[C@]6(C)[C@@H]5CC[C@]4(C)[C@@H]3[C@]2(O)CCO)[C@H]1O. The third-order valence-electron chi connectivity index (χ3n) is 16.6. The fourth-order valence-corrected chi connectivity index (χ4v) is 13.9. The molecular weight excluding hydrogens is 680 g/mol.